The predicted octanol–water partition coefficient (Wildman–Crippen LogP) is 3.45. The van der Waals surface area contributed by atoms with E-state index < -0.39 is 5.56 Å². The van der Waals surface area contributed by atoms with E-state index in [2.05, 4.69) is 25.7 Å². The number of nitrogens with zero attached hydrogens (tertiary/aromatic N) is 2. The Morgan fingerprint density at radius 2 is 1.76 bits per heavy atom. The van der Waals surface area contributed by atoms with Gasteiger partial charge in [-0.2, -0.15) is 5.11 Å². The highest BCUT2D eigenvalue weighted by atomic mass is 16.3. The van der Waals surface area contributed by atoms with E-state index in [1.807, 2.05) is 0 Å². The number of hydrogen-bond acceptors (Lipinski definition) is 5. The number of rotatable bonds is 4. The van der Waals surface area contributed by atoms with E-state index in [0.29, 0.717) is 22.6 Å². The molecule has 0 radical (unpaired) electrons. The molecular formula is C17H15N5O3. The minimum atomic E-state index is -0.447. The first-order chi connectivity index (χ1) is 12.0. The van der Waals surface area contributed by atoms with Crippen molar-refractivity contribution in [2.24, 2.45) is 10.2 Å². The molecule has 0 atom stereocenters. The second-order valence-corrected chi connectivity index (χ2v) is 5.25. The summed E-state index contributed by atoms with van der Waals surface area (Å²) >= 11 is 0. The van der Waals surface area contributed by atoms with Gasteiger partial charge in [-0.15, -0.1) is 5.11 Å². The van der Waals surface area contributed by atoms with Crippen LogP contribution < -0.4 is 10.9 Å². The molecule has 0 unspecified atom stereocenters. The molecule has 126 valence electrons. The van der Waals surface area contributed by atoms with E-state index in [-0.39, 0.29) is 17.3 Å². The highest BCUT2D eigenvalue weighted by Gasteiger charge is 2.14. The smallest absolute Gasteiger partial charge is 0.292 e. The van der Waals surface area contributed by atoms with Crippen molar-refractivity contribution in [1.29, 1.82) is 0 Å². The molecule has 25 heavy (non-hydrogen) atoms. The fourth-order valence-corrected chi connectivity index (χ4v) is 2.25. The molecule has 0 fully saturated rings. The molecule has 4 N–H and O–H groups in total. The molecule has 8 nitrogen and oxygen atoms in total. The third-order valence-electron chi connectivity index (χ3n) is 3.38. The number of aromatic hydroxyl groups is 1. The number of carbonyl (C=O) groups is 1. The second kappa shape index (κ2) is 6.83. The molecule has 0 bridgehead atoms. The topological polar surface area (TPSA) is 123 Å². The number of azo groups is 1. The van der Waals surface area contributed by atoms with Crippen LogP contribution in [-0.2, 0) is 4.79 Å². The largest absolute Gasteiger partial charge is 0.507 e. The second-order valence-electron chi connectivity index (χ2n) is 5.25. The first kappa shape index (κ1) is 16.2. The van der Waals surface area contributed by atoms with Crippen LogP contribution in [0, 0.1) is 0 Å². The van der Waals surface area contributed by atoms with E-state index in [4.69, 9.17) is 0 Å². The standard InChI is InChI=1S/C17H15N5O3/c1-10(23)18-11-6-8-12(9-7-11)19-21-16-15(20-22-17(16)25)13-4-2-3-5-14(13)24/h2-9,24H,1H3,(H,18,23)(H2,20,22,25). The van der Waals surface area contributed by atoms with Gasteiger partial charge in [0, 0.05) is 18.2 Å². The number of anilines is 1. The Morgan fingerprint density at radius 1 is 1.04 bits per heavy atom. The van der Waals surface area contributed by atoms with Gasteiger partial charge in [-0.1, -0.05) is 12.1 Å². The van der Waals surface area contributed by atoms with Gasteiger partial charge in [0.2, 0.25) is 5.91 Å². The summed E-state index contributed by atoms with van der Waals surface area (Å²) in [6, 6.07) is 13.3. The lowest BCUT2D eigenvalue weighted by Crippen LogP contribution is -2.04. The summed E-state index contributed by atoms with van der Waals surface area (Å²) in [4.78, 5) is 23.0. The summed E-state index contributed by atoms with van der Waals surface area (Å²) in [5.74, 6) is -0.144. The summed E-state index contributed by atoms with van der Waals surface area (Å²) < 4.78 is 0. The zero-order valence-corrected chi connectivity index (χ0v) is 13.3. The monoisotopic (exact) mass is 337 g/mol. The van der Waals surface area contributed by atoms with Crippen molar-refractivity contribution < 1.29 is 9.90 Å². The Morgan fingerprint density at radius 3 is 2.44 bits per heavy atom. The van der Waals surface area contributed by atoms with E-state index in [1.54, 1.807) is 42.5 Å². The maximum absolute atomic E-state index is 12.0. The molecule has 0 spiro atoms. The minimum absolute atomic E-state index is 0.0221. The van der Waals surface area contributed by atoms with E-state index in [9.17, 15) is 14.7 Å². The molecular weight excluding hydrogens is 322 g/mol. The van der Waals surface area contributed by atoms with Crippen LogP contribution in [0.3, 0.4) is 0 Å². The van der Waals surface area contributed by atoms with Crippen molar-refractivity contribution in [3.63, 3.8) is 0 Å². The van der Waals surface area contributed by atoms with E-state index >= 15 is 0 Å². The van der Waals surface area contributed by atoms with Crippen LogP contribution in [0.5, 0.6) is 5.75 Å². The van der Waals surface area contributed by atoms with Crippen LogP contribution in [0.1, 0.15) is 6.92 Å². The Bertz CT molecular complexity index is 986. The van der Waals surface area contributed by atoms with Crippen molar-refractivity contribution >= 4 is 23.0 Å². The first-order valence-corrected chi connectivity index (χ1v) is 7.43. The minimum Gasteiger partial charge on any atom is -0.507 e. The lowest BCUT2D eigenvalue weighted by molar-refractivity contribution is -0.114. The summed E-state index contributed by atoms with van der Waals surface area (Å²) in [5.41, 5.74) is 1.56. The van der Waals surface area contributed by atoms with Crippen LogP contribution in [-0.4, -0.2) is 21.2 Å². The van der Waals surface area contributed by atoms with Gasteiger partial charge in [0.1, 0.15) is 5.75 Å². The summed E-state index contributed by atoms with van der Waals surface area (Å²) in [6.07, 6.45) is 0. The van der Waals surface area contributed by atoms with Gasteiger partial charge >= 0.3 is 0 Å². The van der Waals surface area contributed by atoms with E-state index in [0.717, 1.165) is 0 Å². The number of para-hydroxylation sites is 1. The third kappa shape index (κ3) is 3.63. The highest BCUT2D eigenvalue weighted by Crippen LogP contribution is 2.32. The molecule has 1 amide bonds. The number of H-pyrrole nitrogens is 2. The Kier molecular flexibility index (Phi) is 4.42. The molecule has 0 aliphatic heterocycles. The third-order valence-corrected chi connectivity index (χ3v) is 3.38. The van der Waals surface area contributed by atoms with Crippen LogP contribution in [0.15, 0.2) is 63.6 Å². The Labute approximate surface area is 142 Å². The van der Waals surface area contributed by atoms with Crippen LogP contribution in [0.25, 0.3) is 11.3 Å². The fraction of sp³-hybridized carbons (Fsp3) is 0.0588. The number of benzene rings is 2. The number of phenols is 1. The number of nitrogens with one attached hydrogen (secondary N) is 3. The maximum atomic E-state index is 12.0. The fourth-order valence-electron chi connectivity index (χ4n) is 2.25. The number of hydrogen-bond donors (Lipinski definition) is 4. The Balaban J connectivity index is 1.90. The normalized spacial score (nSPS) is 10.9. The molecule has 1 heterocycles. The lowest BCUT2D eigenvalue weighted by Gasteiger charge is -2.02. The molecule has 3 rings (SSSR count). The van der Waals surface area contributed by atoms with Gasteiger partial charge in [0.15, 0.2) is 5.69 Å². The van der Waals surface area contributed by atoms with Crippen molar-refractivity contribution in [1.82, 2.24) is 10.2 Å². The highest BCUT2D eigenvalue weighted by molar-refractivity contribution is 5.88. The molecule has 2 aromatic carbocycles. The van der Waals surface area contributed by atoms with Crippen molar-refractivity contribution in [3.8, 4) is 17.0 Å². The zero-order valence-electron chi connectivity index (χ0n) is 13.3. The van der Waals surface area contributed by atoms with Crippen molar-refractivity contribution in [2.75, 3.05) is 5.32 Å². The van der Waals surface area contributed by atoms with Gasteiger partial charge in [0.05, 0.1) is 11.4 Å². The molecule has 3 aromatic rings. The van der Waals surface area contributed by atoms with Crippen molar-refractivity contribution in [3.05, 3.63) is 58.9 Å². The molecule has 1 aromatic heterocycles. The predicted molar refractivity (Wildman–Crippen MR) is 93.4 cm³/mol. The van der Waals surface area contributed by atoms with Gasteiger partial charge in [-0.05, 0) is 36.4 Å². The summed E-state index contributed by atoms with van der Waals surface area (Å²) in [5, 5.41) is 25.8. The molecule has 0 aliphatic rings. The summed E-state index contributed by atoms with van der Waals surface area (Å²) in [7, 11) is 0. The average molecular weight is 337 g/mol. The Hall–Kier alpha value is -3.68. The average Bonchev–Trinajstić information content (AvgIpc) is 2.95. The summed E-state index contributed by atoms with van der Waals surface area (Å²) in [6.45, 7) is 1.42. The quantitative estimate of drug-likeness (QED) is 0.545. The number of aromatic amines is 2. The van der Waals surface area contributed by atoms with Crippen LogP contribution >= 0.6 is 0 Å². The van der Waals surface area contributed by atoms with Gasteiger partial charge in [-0.3, -0.25) is 19.8 Å². The van der Waals surface area contributed by atoms with Crippen LogP contribution in [0.2, 0.25) is 0 Å². The SMILES string of the molecule is CC(=O)Nc1ccc(N=Nc2c(-c3ccccc3O)[nH][nH]c2=O)cc1. The number of carbonyl (C=O) groups excluding carboxylic acids is 1. The van der Waals surface area contributed by atoms with Gasteiger partial charge in [-0.25, -0.2) is 0 Å². The molecule has 0 saturated heterocycles. The molecule has 0 aliphatic carbocycles. The maximum Gasteiger partial charge on any atom is 0.292 e. The lowest BCUT2D eigenvalue weighted by atomic mass is 10.1. The zero-order chi connectivity index (χ0) is 17.8. The first-order valence-electron chi connectivity index (χ1n) is 7.43. The molecule has 8 heteroatoms. The number of aromatic nitrogens is 2. The van der Waals surface area contributed by atoms with Crippen molar-refractivity contribution in [2.45, 2.75) is 6.92 Å². The van der Waals surface area contributed by atoms with E-state index in [1.165, 1.54) is 13.0 Å². The van der Waals surface area contributed by atoms with Gasteiger partial charge in [0.25, 0.3) is 5.56 Å². The van der Waals surface area contributed by atoms with Gasteiger partial charge < -0.3 is 10.4 Å². The number of amides is 1. The molecule has 0 saturated carbocycles. The van der Waals surface area contributed by atoms with Crippen LogP contribution in [0.4, 0.5) is 17.1 Å². The number of phenolic OH excluding ortho intramolecular Hbond substituents is 1.